The van der Waals surface area contributed by atoms with Gasteiger partial charge in [-0.05, 0) is 39.0 Å². The van der Waals surface area contributed by atoms with Gasteiger partial charge in [0.25, 0.3) is 0 Å². The molecule has 26 heavy (non-hydrogen) atoms. The molecule has 0 radical (unpaired) electrons. The molecule has 3 N–H and O–H groups in total. The fourth-order valence-corrected chi connectivity index (χ4v) is 3.10. The molecule has 0 aromatic heterocycles. The van der Waals surface area contributed by atoms with Crippen molar-refractivity contribution in [2.45, 2.75) is 83.3 Å². The Kier molecular flexibility index (Phi) is 13.1. The van der Waals surface area contributed by atoms with E-state index in [-0.39, 0.29) is 29.9 Å². The average molecular weight is 480 g/mol. The minimum absolute atomic E-state index is 0. The summed E-state index contributed by atoms with van der Waals surface area (Å²) in [5.41, 5.74) is 0. The van der Waals surface area contributed by atoms with E-state index >= 15 is 0 Å². The molecule has 7 heteroatoms. The summed E-state index contributed by atoms with van der Waals surface area (Å²) >= 11 is 0. The predicted octanol–water partition coefficient (Wildman–Crippen LogP) is 2.96. The molecule has 6 nitrogen and oxygen atoms in total. The molecule has 2 aliphatic rings. The van der Waals surface area contributed by atoms with E-state index in [0.717, 1.165) is 44.9 Å². The Hall–Kier alpha value is -0.570. The maximum atomic E-state index is 11.6. The van der Waals surface area contributed by atoms with Gasteiger partial charge in [-0.2, -0.15) is 0 Å². The van der Waals surface area contributed by atoms with Crippen LogP contribution in [0.5, 0.6) is 0 Å². The van der Waals surface area contributed by atoms with Crippen molar-refractivity contribution in [2.24, 2.45) is 4.99 Å². The fourth-order valence-electron chi connectivity index (χ4n) is 3.10. The van der Waals surface area contributed by atoms with Gasteiger partial charge in [0.15, 0.2) is 5.96 Å². The molecule has 2 saturated carbocycles. The van der Waals surface area contributed by atoms with Gasteiger partial charge in [-0.3, -0.25) is 9.79 Å². The summed E-state index contributed by atoms with van der Waals surface area (Å²) < 4.78 is 5.99. The highest BCUT2D eigenvalue weighted by Gasteiger charge is 2.22. The van der Waals surface area contributed by atoms with E-state index in [1.165, 1.54) is 38.5 Å². The summed E-state index contributed by atoms with van der Waals surface area (Å²) in [5.74, 6) is 0.974. The molecule has 0 atom stereocenters. The van der Waals surface area contributed by atoms with Crippen LogP contribution in [0.25, 0.3) is 0 Å². The van der Waals surface area contributed by atoms with Crippen LogP contribution in [0, 0.1) is 0 Å². The van der Waals surface area contributed by atoms with Crippen molar-refractivity contribution in [2.75, 3.05) is 26.2 Å². The Bertz CT molecular complexity index is 408. The van der Waals surface area contributed by atoms with Gasteiger partial charge in [0.2, 0.25) is 5.91 Å². The van der Waals surface area contributed by atoms with Gasteiger partial charge in [-0.25, -0.2) is 0 Å². The van der Waals surface area contributed by atoms with Crippen LogP contribution in [0.15, 0.2) is 4.99 Å². The number of aliphatic imine (C=N–C) groups is 1. The molecule has 2 rings (SSSR count). The topological polar surface area (TPSA) is 74.8 Å². The smallest absolute Gasteiger partial charge is 0.220 e. The third kappa shape index (κ3) is 11.2. The highest BCUT2D eigenvalue weighted by atomic mass is 127. The van der Waals surface area contributed by atoms with Crippen LogP contribution in [0.3, 0.4) is 0 Å². The first-order chi connectivity index (χ1) is 12.3. The van der Waals surface area contributed by atoms with Gasteiger partial charge in [0.1, 0.15) is 0 Å². The van der Waals surface area contributed by atoms with Crippen LogP contribution in [-0.4, -0.2) is 50.3 Å². The molecule has 2 fully saturated rings. The lowest BCUT2D eigenvalue weighted by molar-refractivity contribution is -0.121. The average Bonchev–Trinajstić information content (AvgIpc) is 3.43. The molecule has 152 valence electrons. The SMILES string of the molecule is CCNC(=NCCCC(=O)NC1CC1)NCCOC1CCCCCC1.I. The number of carbonyl (C=O) groups excluding carboxylic acids is 1. The number of rotatable bonds is 10. The number of amides is 1. The van der Waals surface area contributed by atoms with E-state index in [1.807, 2.05) is 0 Å². The summed E-state index contributed by atoms with van der Waals surface area (Å²) in [5, 5.41) is 9.57. The van der Waals surface area contributed by atoms with Crippen LogP contribution in [-0.2, 0) is 9.53 Å². The fraction of sp³-hybridized carbons (Fsp3) is 0.895. The van der Waals surface area contributed by atoms with Crippen LogP contribution in [0.4, 0.5) is 0 Å². The second kappa shape index (κ2) is 14.5. The van der Waals surface area contributed by atoms with Gasteiger partial charge < -0.3 is 20.7 Å². The Morgan fingerprint density at radius 3 is 2.46 bits per heavy atom. The highest BCUT2D eigenvalue weighted by molar-refractivity contribution is 14.0. The van der Waals surface area contributed by atoms with Crippen molar-refractivity contribution in [3.63, 3.8) is 0 Å². The number of hydrogen-bond donors (Lipinski definition) is 3. The van der Waals surface area contributed by atoms with Crippen LogP contribution in [0.2, 0.25) is 0 Å². The molecule has 0 aromatic carbocycles. The van der Waals surface area contributed by atoms with E-state index in [2.05, 4.69) is 27.9 Å². The molecule has 0 unspecified atom stereocenters. The van der Waals surface area contributed by atoms with Gasteiger partial charge in [-0.1, -0.05) is 25.7 Å². The van der Waals surface area contributed by atoms with Gasteiger partial charge in [-0.15, -0.1) is 24.0 Å². The van der Waals surface area contributed by atoms with Crippen molar-refractivity contribution in [1.82, 2.24) is 16.0 Å². The monoisotopic (exact) mass is 480 g/mol. The van der Waals surface area contributed by atoms with E-state index in [0.29, 0.717) is 25.1 Å². The number of guanidine groups is 1. The van der Waals surface area contributed by atoms with Crippen LogP contribution >= 0.6 is 24.0 Å². The minimum Gasteiger partial charge on any atom is -0.376 e. The highest BCUT2D eigenvalue weighted by Crippen LogP contribution is 2.19. The Morgan fingerprint density at radius 2 is 1.81 bits per heavy atom. The first kappa shape index (κ1) is 23.5. The molecule has 0 spiro atoms. The van der Waals surface area contributed by atoms with Gasteiger partial charge in [0.05, 0.1) is 12.7 Å². The number of ether oxygens (including phenoxy) is 1. The molecule has 0 bridgehead atoms. The summed E-state index contributed by atoms with van der Waals surface area (Å²) in [6.45, 7) is 5.04. The van der Waals surface area contributed by atoms with Crippen molar-refractivity contribution in [1.29, 1.82) is 0 Å². The number of carbonyl (C=O) groups is 1. The maximum Gasteiger partial charge on any atom is 0.220 e. The predicted molar refractivity (Wildman–Crippen MR) is 117 cm³/mol. The van der Waals surface area contributed by atoms with Crippen molar-refractivity contribution >= 4 is 35.8 Å². The zero-order valence-electron chi connectivity index (χ0n) is 16.2. The van der Waals surface area contributed by atoms with Gasteiger partial charge >= 0.3 is 0 Å². The number of hydrogen-bond acceptors (Lipinski definition) is 3. The molecule has 2 aliphatic carbocycles. The molecule has 1 amide bonds. The second-order valence-corrected chi connectivity index (χ2v) is 7.12. The van der Waals surface area contributed by atoms with E-state index in [9.17, 15) is 4.79 Å². The third-order valence-electron chi connectivity index (χ3n) is 4.67. The lowest BCUT2D eigenvalue weighted by Gasteiger charge is -2.16. The van der Waals surface area contributed by atoms with E-state index < -0.39 is 0 Å². The molecule has 0 aromatic rings. The third-order valence-corrected chi connectivity index (χ3v) is 4.67. The van der Waals surface area contributed by atoms with Crippen molar-refractivity contribution in [3.05, 3.63) is 0 Å². The minimum atomic E-state index is 0. The lowest BCUT2D eigenvalue weighted by Crippen LogP contribution is -2.39. The summed E-state index contributed by atoms with van der Waals surface area (Å²) in [7, 11) is 0. The van der Waals surface area contributed by atoms with Crippen molar-refractivity contribution in [3.8, 4) is 0 Å². The normalized spacial score (nSPS) is 18.6. The largest absolute Gasteiger partial charge is 0.376 e. The summed E-state index contributed by atoms with van der Waals surface area (Å²) in [6, 6.07) is 0.448. The molecule has 0 saturated heterocycles. The van der Waals surface area contributed by atoms with E-state index in [1.54, 1.807) is 0 Å². The van der Waals surface area contributed by atoms with Crippen LogP contribution in [0.1, 0.15) is 71.1 Å². The summed E-state index contributed by atoms with van der Waals surface area (Å²) in [4.78, 5) is 16.2. The number of nitrogens with zero attached hydrogens (tertiary/aromatic N) is 1. The molecule has 0 aliphatic heterocycles. The Balaban J connectivity index is 0.00000338. The number of nitrogens with one attached hydrogen (secondary N) is 3. The zero-order valence-corrected chi connectivity index (χ0v) is 18.6. The number of halogens is 1. The standard InChI is InChI=1S/C19H36N4O2.HI/c1-2-20-19(21-13-7-10-18(24)23-16-11-12-16)22-14-15-25-17-8-5-3-4-6-9-17;/h16-17H,2-15H2,1H3,(H,23,24)(H2,20,21,22);1H. The van der Waals surface area contributed by atoms with Crippen molar-refractivity contribution < 1.29 is 9.53 Å². The summed E-state index contributed by atoms with van der Waals surface area (Å²) in [6.07, 6.45) is 11.8. The first-order valence-electron chi connectivity index (χ1n) is 10.2. The Labute approximate surface area is 175 Å². The molecular formula is C19H37IN4O2. The zero-order chi connectivity index (χ0) is 17.7. The maximum absolute atomic E-state index is 11.6. The van der Waals surface area contributed by atoms with Crippen LogP contribution < -0.4 is 16.0 Å². The Morgan fingerprint density at radius 1 is 1.08 bits per heavy atom. The first-order valence-corrected chi connectivity index (χ1v) is 10.2. The van der Waals surface area contributed by atoms with Gasteiger partial charge in [0, 0.05) is 32.1 Å². The molecule has 0 heterocycles. The quantitative estimate of drug-likeness (QED) is 0.148. The molecular weight excluding hydrogens is 443 g/mol. The van der Waals surface area contributed by atoms with E-state index in [4.69, 9.17) is 4.74 Å². The second-order valence-electron chi connectivity index (χ2n) is 7.12. The lowest BCUT2D eigenvalue weighted by atomic mass is 10.1.